The van der Waals surface area contributed by atoms with Crippen LogP contribution in [0.2, 0.25) is 0 Å². The molecule has 5 heteroatoms. The minimum absolute atomic E-state index is 0.226. The Kier molecular flexibility index (Phi) is 13.5. The fourth-order valence-corrected chi connectivity index (χ4v) is 0.760. The molecule has 4 nitrogen and oxygen atoms in total. The Morgan fingerprint density at radius 2 is 2.07 bits per heavy atom. The zero-order valence-electron chi connectivity index (χ0n) is 9.24. The number of rotatable bonds is 6. The summed E-state index contributed by atoms with van der Waals surface area (Å²) in [4.78, 5) is 14.1. The number of nitrogens with zero attached hydrogens (tertiary/aromatic N) is 1. The zero-order valence-corrected chi connectivity index (χ0v) is 9.24. The second kappa shape index (κ2) is 12.6. The summed E-state index contributed by atoms with van der Waals surface area (Å²) in [6.07, 6.45) is 5.50. The lowest BCUT2D eigenvalue weighted by Gasteiger charge is -1.90. The van der Waals surface area contributed by atoms with Crippen LogP contribution in [0.15, 0.2) is 17.1 Å². The van der Waals surface area contributed by atoms with Crippen LogP contribution in [0.4, 0.5) is 4.39 Å². The van der Waals surface area contributed by atoms with Crippen LogP contribution in [-0.2, 0) is 4.79 Å². The molecule has 0 aromatic carbocycles. The highest BCUT2D eigenvalue weighted by Crippen LogP contribution is 1.96. The number of unbranched alkanes of at least 4 members (excludes halogenated alkanes) is 1. The molecule has 0 aliphatic heterocycles. The quantitative estimate of drug-likeness (QED) is 0.309. The van der Waals surface area contributed by atoms with Crippen molar-refractivity contribution in [3.8, 4) is 0 Å². The minimum atomic E-state index is -0.746. The molecule has 0 fully saturated rings. The number of nitrogens with two attached hydrogens (primary N) is 1. The summed E-state index contributed by atoms with van der Waals surface area (Å²) in [5.74, 6) is -0.181. The highest BCUT2D eigenvalue weighted by atomic mass is 19.1. The minimum Gasteiger partial charge on any atom is -0.481 e. The Balaban J connectivity index is 0. The van der Waals surface area contributed by atoms with Gasteiger partial charge in [-0.2, -0.15) is 0 Å². The summed E-state index contributed by atoms with van der Waals surface area (Å²) in [6, 6.07) is 0. The molecule has 0 aliphatic rings. The van der Waals surface area contributed by atoms with E-state index < -0.39 is 5.97 Å². The monoisotopic (exact) mass is 218 g/mol. The third-order valence-electron chi connectivity index (χ3n) is 1.37. The van der Waals surface area contributed by atoms with Gasteiger partial charge in [0, 0.05) is 6.42 Å². The van der Waals surface area contributed by atoms with Gasteiger partial charge in [-0.05, 0) is 19.8 Å². The maximum atomic E-state index is 10.1. The Morgan fingerprint density at radius 3 is 2.53 bits per heavy atom. The second-order valence-electron chi connectivity index (χ2n) is 2.74. The molecule has 0 amide bonds. The van der Waals surface area contributed by atoms with E-state index in [0.29, 0.717) is 26.0 Å². The van der Waals surface area contributed by atoms with E-state index in [4.69, 9.17) is 10.8 Å². The third-order valence-corrected chi connectivity index (χ3v) is 1.37. The average molecular weight is 218 g/mol. The molecule has 0 heterocycles. The van der Waals surface area contributed by atoms with Gasteiger partial charge in [0.2, 0.25) is 0 Å². The van der Waals surface area contributed by atoms with Crippen LogP contribution in [0.1, 0.15) is 26.2 Å². The highest BCUT2D eigenvalue weighted by molar-refractivity contribution is 5.77. The summed E-state index contributed by atoms with van der Waals surface area (Å²) in [7, 11) is 0.500. The second-order valence-corrected chi connectivity index (χ2v) is 2.74. The van der Waals surface area contributed by atoms with E-state index in [1.807, 2.05) is 12.2 Å². The molecule has 0 rings (SSSR count). The molecule has 0 radical (unpaired) electrons. The van der Waals surface area contributed by atoms with E-state index in [0.717, 1.165) is 6.42 Å². The molecule has 0 bridgehead atoms. The van der Waals surface area contributed by atoms with Gasteiger partial charge in [-0.3, -0.25) is 14.2 Å². The predicted octanol–water partition coefficient (Wildman–Crippen LogP) is 1.76. The van der Waals surface area contributed by atoms with Crippen LogP contribution in [0.25, 0.3) is 0 Å². The largest absolute Gasteiger partial charge is 0.481 e. The fourth-order valence-electron chi connectivity index (χ4n) is 0.760. The van der Waals surface area contributed by atoms with Crippen LogP contribution in [0.5, 0.6) is 0 Å². The molecule has 0 aliphatic carbocycles. The number of allylic oxidation sites excluding steroid dienone is 1. The molecular formula is C10H19FN2O2. The topological polar surface area (TPSA) is 75.7 Å². The number of hydrogen-bond acceptors (Lipinski definition) is 2. The smallest absolute Gasteiger partial charge is 0.303 e. The lowest BCUT2D eigenvalue weighted by Crippen LogP contribution is -2.05. The first-order chi connectivity index (χ1) is 7.13. The maximum Gasteiger partial charge on any atom is 0.303 e. The molecule has 0 aromatic rings. The Labute approximate surface area is 89.7 Å². The van der Waals surface area contributed by atoms with Crippen molar-refractivity contribution >= 4 is 11.8 Å². The number of aliphatic imine (C=N–C) groups is 1. The van der Waals surface area contributed by atoms with Gasteiger partial charge in [0.05, 0.1) is 19.6 Å². The first kappa shape index (κ1) is 16.1. The number of amidine groups is 1. The Hall–Kier alpha value is -1.39. The summed E-state index contributed by atoms with van der Waals surface area (Å²) in [5, 5.41) is 8.33. The molecule has 0 aromatic heterocycles. The third kappa shape index (κ3) is 19.1. The van der Waals surface area contributed by atoms with E-state index in [2.05, 4.69) is 4.99 Å². The fraction of sp³-hybridized carbons (Fsp3) is 0.600. The molecule has 0 spiro atoms. The van der Waals surface area contributed by atoms with E-state index in [1.165, 1.54) is 0 Å². The SMILES string of the molecule is CC(N)=NC/C=C\CCCC(=O)O.CF. The van der Waals surface area contributed by atoms with Crippen LogP contribution in [0.3, 0.4) is 0 Å². The van der Waals surface area contributed by atoms with Crippen molar-refractivity contribution in [1.82, 2.24) is 0 Å². The Bertz CT molecular complexity index is 211. The van der Waals surface area contributed by atoms with Crippen molar-refractivity contribution < 1.29 is 14.3 Å². The standard InChI is InChI=1S/C9H16N2O2.CH3F/c1-8(10)11-7-5-3-2-4-6-9(12)13;1-2/h3,5H,2,4,6-7H2,1H3,(H2,10,11)(H,12,13);1H3/b5-3-;. The van der Waals surface area contributed by atoms with E-state index >= 15 is 0 Å². The van der Waals surface area contributed by atoms with Crippen LogP contribution in [0, 0.1) is 0 Å². The van der Waals surface area contributed by atoms with Crippen molar-refractivity contribution in [3.05, 3.63) is 12.2 Å². The van der Waals surface area contributed by atoms with E-state index in [1.54, 1.807) is 6.92 Å². The molecule has 0 atom stereocenters. The summed E-state index contributed by atoms with van der Waals surface area (Å²) in [6.45, 7) is 2.31. The average Bonchev–Trinajstić information content (AvgIpc) is 2.18. The van der Waals surface area contributed by atoms with Crippen LogP contribution >= 0.6 is 0 Å². The number of carbonyl (C=O) groups is 1. The van der Waals surface area contributed by atoms with Crippen molar-refractivity contribution in [2.45, 2.75) is 26.2 Å². The maximum absolute atomic E-state index is 10.1. The van der Waals surface area contributed by atoms with Gasteiger partial charge in [0.25, 0.3) is 0 Å². The molecular weight excluding hydrogens is 199 g/mol. The first-order valence-electron chi connectivity index (χ1n) is 4.64. The van der Waals surface area contributed by atoms with Crippen LogP contribution in [-0.4, -0.2) is 30.6 Å². The van der Waals surface area contributed by atoms with Crippen molar-refractivity contribution in [3.63, 3.8) is 0 Å². The number of halogens is 1. The first-order valence-corrected chi connectivity index (χ1v) is 4.64. The summed E-state index contributed by atoms with van der Waals surface area (Å²) >= 11 is 0. The van der Waals surface area contributed by atoms with Gasteiger partial charge in [-0.15, -0.1) is 0 Å². The normalized spacial score (nSPS) is 11.0. The lowest BCUT2D eigenvalue weighted by atomic mass is 10.2. The molecule has 3 N–H and O–H groups in total. The van der Waals surface area contributed by atoms with Crippen molar-refractivity contribution in [2.24, 2.45) is 10.7 Å². The van der Waals surface area contributed by atoms with Gasteiger partial charge in [-0.25, -0.2) is 0 Å². The predicted molar refractivity (Wildman–Crippen MR) is 59.8 cm³/mol. The van der Waals surface area contributed by atoms with Crippen LogP contribution < -0.4 is 5.73 Å². The molecule has 88 valence electrons. The summed E-state index contributed by atoms with van der Waals surface area (Å²) in [5.41, 5.74) is 5.31. The molecule has 0 unspecified atom stereocenters. The van der Waals surface area contributed by atoms with Gasteiger partial charge in [0.1, 0.15) is 0 Å². The van der Waals surface area contributed by atoms with E-state index in [9.17, 15) is 9.18 Å². The molecule has 0 saturated carbocycles. The summed E-state index contributed by atoms with van der Waals surface area (Å²) < 4.78 is 9.50. The number of hydrogen-bond donors (Lipinski definition) is 2. The number of aliphatic carboxylic acids is 1. The Morgan fingerprint density at radius 1 is 1.47 bits per heavy atom. The van der Waals surface area contributed by atoms with Gasteiger partial charge >= 0.3 is 5.97 Å². The number of alkyl halides is 1. The van der Waals surface area contributed by atoms with Crippen molar-refractivity contribution in [2.75, 3.05) is 13.7 Å². The number of carboxylic acids is 1. The highest BCUT2D eigenvalue weighted by Gasteiger charge is 1.92. The van der Waals surface area contributed by atoms with Gasteiger partial charge < -0.3 is 10.8 Å². The van der Waals surface area contributed by atoms with E-state index in [-0.39, 0.29) is 6.42 Å². The molecule has 0 saturated heterocycles. The molecule has 15 heavy (non-hydrogen) atoms. The lowest BCUT2D eigenvalue weighted by molar-refractivity contribution is -0.137. The zero-order chi connectivity index (χ0) is 12.1. The van der Waals surface area contributed by atoms with Gasteiger partial charge in [-0.1, -0.05) is 12.2 Å². The number of carboxylic acid groups (broad SMARTS) is 1. The van der Waals surface area contributed by atoms with Gasteiger partial charge in [0.15, 0.2) is 0 Å². The van der Waals surface area contributed by atoms with Crippen molar-refractivity contribution in [1.29, 1.82) is 0 Å².